The fourth-order valence-corrected chi connectivity index (χ4v) is 3.00. The predicted octanol–water partition coefficient (Wildman–Crippen LogP) is 3.15. The van der Waals surface area contributed by atoms with Crippen molar-refractivity contribution in [2.45, 2.75) is 38.6 Å². The van der Waals surface area contributed by atoms with Crippen LogP contribution in [0, 0.1) is 0 Å². The zero-order chi connectivity index (χ0) is 14.3. The molecule has 1 aliphatic rings. The summed E-state index contributed by atoms with van der Waals surface area (Å²) in [5.41, 5.74) is 1.07. The molecule has 0 heterocycles. The van der Waals surface area contributed by atoms with E-state index in [1.54, 1.807) is 7.11 Å². The lowest BCUT2D eigenvalue weighted by molar-refractivity contribution is -0.134. The van der Waals surface area contributed by atoms with Gasteiger partial charge in [0.25, 0.3) is 0 Å². The summed E-state index contributed by atoms with van der Waals surface area (Å²) in [6.07, 6.45) is 9.03. The van der Waals surface area contributed by atoms with Gasteiger partial charge in [0.15, 0.2) is 0 Å². The average Bonchev–Trinajstić information content (AvgIpc) is 2.47. The van der Waals surface area contributed by atoms with Gasteiger partial charge in [0, 0.05) is 13.7 Å². The number of hydrogen-bond acceptors (Lipinski definition) is 2. The Morgan fingerprint density at radius 2 is 2.26 bits per heavy atom. The molecule has 1 atom stereocenters. The highest BCUT2D eigenvalue weighted by molar-refractivity contribution is 6.27. The Morgan fingerprint density at radius 1 is 1.53 bits per heavy atom. The molecular formula is C15H24ClNO2. The molecule has 0 aliphatic heterocycles. The van der Waals surface area contributed by atoms with Gasteiger partial charge in [0.1, 0.15) is 5.88 Å². The van der Waals surface area contributed by atoms with Crippen molar-refractivity contribution >= 4 is 17.5 Å². The van der Waals surface area contributed by atoms with Crippen molar-refractivity contribution in [1.29, 1.82) is 0 Å². The van der Waals surface area contributed by atoms with Gasteiger partial charge in [0.05, 0.1) is 12.1 Å². The van der Waals surface area contributed by atoms with Crippen LogP contribution in [-0.2, 0) is 9.53 Å². The summed E-state index contributed by atoms with van der Waals surface area (Å²) in [6.45, 7) is 5.38. The zero-order valence-corrected chi connectivity index (χ0v) is 12.9. The molecule has 108 valence electrons. The summed E-state index contributed by atoms with van der Waals surface area (Å²) < 4.78 is 5.14. The van der Waals surface area contributed by atoms with Crippen LogP contribution in [0.15, 0.2) is 23.8 Å². The third kappa shape index (κ3) is 3.40. The van der Waals surface area contributed by atoms with Crippen LogP contribution in [0.3, 0.4) is 0 Å². The Kier molecular flexibility index (Phi) is 6.59. The van der Waals surface area contributed by atoms with Crippen molar-refractivity contribution in [3.05, 3.63) is 23.8 Å². The van der Waals surface area contributed by atoms with Crippen LogP contribution in [0.25, 0.3) is 0 Å². The minimum atomic E-state index is -0.228. The molecule has 0 aromatic carbocycles. The molecule has 0 radical (unpaired) electrons. The van der Waals surface area contributed by atoms with Crippen molar-refractivity contribution in [2.24, 2.45) is 0 Å². The van der Waals surface area contributed by atoms with Crippen molar-refractivity contribution < 1.29 is 9.53 Å². The number of ether oxygens (including phenoxy) is 1. The first-order valence-electron chi connectivity index (χ1n) is 6.87. The summed E-state index contributed by atoms with van der Waals surface area (Å²) in [5.74, 6) is 0.00169. The molecule has 1 rings (SSSR count). The second-order valence-corrected chi connectivity index (χ2v) is 5.00. The van der Waals surface area contributed by atoms with E-state index in [9.17, 15) is 4.79 Å². The maximum atomic E-state index is 12.2. The monoisotopic (exact) mass is 285 g/mol. The third-order valence-corrected chi connectivity index (χ3v) is 4.13. The fourth-order valence-electron chi connectivity index (χ4n) is 2.86. The number of carbonyl (C=O) groups is 1. The number of nitrogens with zero attached hydrogens (tertiary/aromatic N) is 1. The molecule has 0 spiro atoms. The molecule has 0 saturated carbocycles. The Morgan fingerprint density at radius 3 is 2.79 bits per heavy atom. The summed E-state index contributed by atoms with van der Waals surface area (Å²) in [7, 11) is 1.65. The van der Waals surface area contributed by atoms with Gasteiger partial charge in [-0.05, 0) is 24.8 Å². The Labute approximate surface area is 121 Å². The predicted molar refractivity (Wildman–Crippen MR) is 79.5 cm³/mol. The van der Waals surface area contributed by atoms with Gasteiger partial charge >= 0.3 is 0 Å². The van der Waals surface area contributed by atoms with Crippen LogP contribution in [0.5, 0.6) is 0 Å². The Balaban J connectivity index is 3.10. The van der Waals surface area contributed by atoms with Crippen LogP contribution in [0.4, 0.5) is 0 Å². The smallest absolute Gasteiger partial charge is 0.238 e. The van der Waals surface area contributed by atoms with Gasteiger partial charge in [-0.1, -0.05) is 32.1 Å². The number of alkyl halides is 1. The van der Waals surface area contributed by atoms with E-state index >= 15 is 0 Å². The van der Waals surface area contributed by atoms with E-state index < -0.39 is 0 Å². The molecule has 0 aromatic rings. The summed E-state index contributed by atoms with van der Waals surface area (Å²) in [6, 6.07) is 0. The fraction of sp³-hybridized carbons (Fsp3) is 0.667. The Bertz CT molecular complexity index is 365. The molecule has 1 aliphatic carbocycles. The highest BCUT2D eigenvalue weighted by atomic mass is 35.5. The standard InChI is InChI=1S/C15H24ClNO2/c1-4-13-8-6-7-9-15(13,5-2)17(10-11-19-3)14(18)12-16/h6-8H,4-5,9-12H2,1-3H3. The minimum absolute atomic E-state index is 0.0183. The quantitative estimate of drug-likeness (QED) is 0.673. The topological polar surface area (TPSA) is 29.5 Å². The highest BCUT2D eigenvalue weighted by Crippen LogP contribution is 2.37. The highest BCUT2D eigenvalue weighted by Gasteiger charge is 2.39. The van der Waals surface area contributed by atoms with Gasteiger partial charge in [-0.3, -0.25) is 4.79 Å². The lowest BCUT2D eigenvalue weighted by Gasteiger charge is -2.46. The molecule has 0 aromatic heterocycles. The number of halogens is 1. The number of carbonyl (C=O) groups excluding carboxylic acids is 1. The first-order chi connectivity index (χ1) is 9.16. The summed E-state index contributed by atoms with van der Waals surface area (Å²) in [5, 5.41) is 0. The molecule has 3 nitrogen and oxygen atoms in total. The number of rotatable bonds is 7. The van der Waals surface area contributed by atoms with Crippen LogP contribution < -0.4 is 0 Å². The van der Waals surface area contributed by atoms with E-state index in [1.807, 2.05) is 4.90 Å². The van der Waals surface area contributed by atoms with Crippen molar-refractivity contribution in [1.82, 2.24) is 4.90 Å². The molecule has 1 amide bonds. The van der Waals surface area contributed by atoms with Gasteiger partial charge in [-0.2, -0.15) is 0 Å². The number of allylic oxidation sites excluding steroid dienone is 2. The lowest BCUT2D eigenvalue weighted by Crippen LogP contribution is -2.54. The Hall–Kier alpha value is -0.800. The summed E-state index contributed by atoms with van der Waals surface area (Å²) >= 11 is 5.79. The molecule has 0 N–H and O–H groups in total. The van der Waals surface area contributed by atoms with Crippen molar-refractivity contribution in [3.63, 3.8) is 0 Å². The van der Waals surface area contributed by atoms with Gasteiger partial charge in [0.2, 0.25) is 5.91 Å². The third-order valence-electron chi connectivity index (χ3n) is 3.90. The van der Waals surface area contributed by atoms with Crippen LogP contribution in [-0.4, -0.2) is 42.5 Å². The molecule has 0 saturated heterocycles. The number of amides is 1. The second kappa shape index (κ2) is 7.71. The van der Waals surface area contributed by atoms with E-state index in [0.717, 1.165) is 19.3 Å². The van der Waals surface area contributed by atoms with E-state index in [0.29, 0.717) is 13.2 Å². The first-order valence-corrected chi connectivity index (χ1v) is 7.41. The maximum absolute atomic E-state index is 12.2. The molecule has 4 heteroatoms. The van der Waals surface area contributed by atoms with Crippen LogP contribution in [0.2, 0.25) is 0 Å². The van der Waals surface area contributed by atoms with E-state index in [2.05, 4.69) is 32.1 Å². The van der Waals surface area contributed by atoms with Crippen LogP contribution >= 0.6 is 11.6 Å². The van der Waals surface area contributed by atoms with E-state index in [4.69, 9.17) is 16.3 Å². The number of methoxy groups -OCH3 is 1. The zero-order valence-electron chi connectivity index (χ0n) is 12.1. The van der Waals surface area contributed by atoms with Gasteiger partial charge in [-0.15, -0.1) is 11.6 Å². The maximum Gasteiger partial charge on any atom is 0.238 e. The largest absolute Gasteiger partial charge is 0.383 e. The van der Waals surface area contributed by atoms with Gasteiger partial charge in [-0.25, -0.2) is 0 Å². The molecule has 0 fully saturated rings. The van der Waals surface area contributed by atoms with E-state index in [-0.39, 0.29) is 17.3 Å². The van der Waals surface area contributed by atoms with Crippen LogP contribution in [0.1, 0.15) is 33.1 Å². The molecule has 19 heavy (non-hydrogen) atoms. The number of hydrogen-bond donors (Lipinski definition) is 0. The van der Waals surface area contributed by atoms with Crippen molar-refractivity contribution in [2.75, 3.05) is 26.1 Å². The lowest BCUT2D eigenvalue weighted by atomic mass is 9.78. The first kappa shape index (κ1) is 16.3. The normalized spacial score (nSPS) is 22.2. The minimum Gasteiger partial charge on any atom is -0.383 e. The van der Waals surface area contributed by atoms with E-state index in [1.165, 1.54) is 5.57 Å². The van der Waals surface area contributed by atoms with Gasteiger partial charge < -0.3 is 9.64 Å². The molecular weight excluding hydrogens is 262 g/mol. The average molecular weight is 286 g/mol. The second-order valence-electron chi connectivity index (χ2n) is 4.73. The summed E-state index contributed by atoms with van der Waals surface area (Å²) in [4.78, 5) is 14.1. The molecule has 1 unspecified atom stereocenters. The molecule has 0 bridgehead atoms. The SMILES string of the molecule is CCC1=CC=CCC1(CC)N(CCOC)C(=O)CCl. The van der Waals surface area contributed by atoms with Crippen molar-refractivity contribution in [3.8, 4) is 0 Å².